The molecular formula is C24H24ClN8O3+. The number of anilines is 3. The fourth-order valence-corrected chi connectivity index (χ4v) is 3.69. The molecule has 0 unspecified atom stereocenters. The Morgan fingerprint density at radius 3 is 2.75 bits per heavy atom. The monoisotopic (exact) mass is 507 g/mol. The van der Waals surface area contributed by atoms with Crippen LogP contribution in [0.1, 0.15) is 40.7 Å². The van der Waals surface area contributed by atoms with Crippen molar-refractivity contribution in [1.82, 2.24) is 19.8 Å². The average molecular weight is 508 g/mol. The molecule has 1 aliphatic heterocycles. The van der Waals surface area contributed by atoms with E-state index in [4.69, 9.17) is 32.5 Å². The van der Waals surface area contributed by atoms with Crippen LogP contribution in [-0.2, 0) is 18.0 Å². The second kappa shape index (κ2) is 11.0. The summed E-state index contributed by atoms with van der Waals surface area (Å²) in [6, 6.07) is 10.5. The lowest BCUT2D eigenvalue weighted by atomic mass is 10.1. The second-order valence-electron chi connectivity index (χ2n) is 7.88. The molecule has 36 heavy (non-hydrogen) atoms. The van der Waals surface area contributed by atoms with Gasteiger partial charge in [-0.25, -0.2) is 9.65 Å². The van der Waals surface area contributed by atoms with E-state index in [2.05, 4.69) is 30.2 Å². The zero-order chi connectivity index (χ0) is 25.7. The predicted molar refractivity (Wildman–Crippen MR) is 139 cm³/mol. The Morgan fingerprint density at radius 2 is 2.03 bits per heavy atom. The normalized spacial score (nSPS) is 12.6. The highest BCUT2D eigenvalue weighted by molar-refractivity contribution is 6.29. The predicted octanol–water partition coefficient (Wildman–Crippen LogP) is 2.42. The molecule has 2 aromatic heterocycles. The van der Waals surface area contributed by atoms with Gasteiger partial charge in [-0.05, 0) is 34.8 Å². The topological polar surface area (TPSA) is 165 Å². The van der Waals surface area contributed by atoms with Crippen LogP contribution in [0.2, 0.25) is 5.15 Å². The average Bonchev–Trinajstić information content (AvgIpc) is 2.84. The molecule has 0 atom stereocenters. The lowest BCUT2D eigenvalue weighted by Gasteiger charge is -2.16. The third-order valence-corrected chi connectivity index (χ3v) is 5.29. The van der Waals surface area contributed by atoms with Crippen LogP contribution in [0.25, 0.3) is 0 Å². The number of hydrogen-bond donors (Lipinski definition) is 3. The minimum atomic E-state index is -0.763. The summed E-state index contributed by atoms with van der Waals surface area (Å²) in [5.41, 5.74) is 15.0. The van der Waals surface area contributed by atoms with E-state index >= 15 is 0 Å². The fraction of sp³-hybridized carbons (Fsp3) is 0.208. The number of carbonyl (C=O) groups excluding carboxylic acids is 1. The van der Waals surface area contributed by atoms with Gasteiger partial charge in [0.25, 0.3) is 5.91 Å². The number of amidine groups is 1. The van der Waals surface area contributed by atoms with Crippen LogP contribution in [-0.4, -0.2) is 46.0 Å². The largest absolute Gasteiger partial charge is 0.494 e. The van der Waals surface area contributed by atoms with Crippen molar-refractivity contribution in [3.05, 3.63) is 64.1 Å². The summed E-state index contributed by atoms with van der Waals surface area (Å²) in [6.45, 7) is 2.42. The quantitative estimate of drug-likeness (QED) is 0.371. The maximum Gasteiger partial charge on any atom is 0.425 e. The van der Waals surface area contributed by atoms with E-state index in [1.54, 1.807) is 12.3 Å². The number of pyridine rings is 1. The van der Waals surface area contributed by atoms with Gasteiger partial charge in [0.1, 0.15) is 17.6 Å². The summed E-state index contributed by atoms with van der Waals surface area (Å²) < 4.78 is 16.2. The Labute approximate surface area is 212 Å². The Balaban J connectivity index is 1.74. The minimum Gasteiger partial charge on any atom is -0.494 e. The summed E-state index contributed by atoms with van der Waals surface area (Å²) in [6.07, 6.45) is 2.45. The van der Waals surface area contributed by atoms with Crippen molar-refractivity contribution in [2.24, 2.45) is 10.7 Å². The third kappa shape index (κ3) is 5.84. The van der Waals surface area contributed by atoms with Gasteiger partial charge in [-0.3, -0.25) is 4.79 Å². The van der Waals surface area contributed by atoms with Gasteiger partial charge in [0, 0.05) is 13.0 Å². The van der Waals surface area contributed by atoms with Crippen LogP contribution in [0.4, 0.5) is 17.2 Å². The van der Waals surface area contributed by atoms with Crippen LogP contribution >= 0.6 is 11.6 Å². The van der Waals surface area contributed by atoms with Gasteiger partial charge in [0.2, 0.25) is 0 Å². The molecule has 11 nitrogen and oxygen atoms in total. The lowest BCUT2D eigenvalue weighted by molar-refractivity contribution is 0.0995. The van der Waals surface area contributed by atoms with Crippen molar-refractivity contribution in [3.8, 4) is 5.75 Å². The molecule has 3 heterocycles. The van der Waals surface area contributed by atoms with E-state index in [0.29, 0.717) is 40.8 Å². The van der Waals surface area contributed by atoms with Gasteiger partial charge in [-0.2, -0.15) is 0 Å². The van der Waals surface area contributed by atoms with Gasteiger partial charge in [0.15, 0.2) is 22.3 Å². The molecule has 0 bridgehead atoms. The highest BCUT2D eigenvalue weighted by Gasteiger charge is 2.26. The van der Waals surface area contributed by atoms with Crippen LogP contribution in [0.15, 0.2) is 41.4 Å². The zero-order valence-corrected chi connectivity index (χ0v) is 20.4. The van der Waals surface area contributed by atoms with E-state index in [-0.39, 0.29) is 29.7 Å². The Bertz CT molecular complexity index is 1420. The van der Waals surface area contributed by atoms with Gasteiger partial charge in [0.05, 0.1) is 43.8 Å². The van der Waals surface area contributed by atoms with E-state index in [1.807, 2.05) is 31.2 Å². The molecule has 0 saturated carbocycles. The van der Waals surface area contributed by atoms with Crippen LogP contribution < -0.4 is 26.2 Å². The first kappa shape index (κ1) is 24.8. The summed E-state index contributed by atoms with van der Waals surface area (Å²) in [5, 5.41) is 10.8. The molecular weight excluding hydrogens is 484 g/mol. The number of primary amides is 1. The highest BCUT2D eigenvalue weighted by Crippen LogP contribution is 2.35. The van der Waals surface area contributed by atoms with Crippen molar-refractivity contribution in [1.29, 1.82) is 0 Å². The number of ether oxygens (including phenoxy) is 2. The third-order valence-electron chi connectivity index (χ3n) is 5.10. The SMILES string of the molecule is COc1c(Nc2cc(Cl)nnc2C(N)=O)cc(COCc2cccc(N)n2)cc1C1=[N+]=C(C)CC=N1. The molecule has 3 aromatic rings. The number of halogens is 1. The molecule has 5 N–H and O–H groups in total. The molecule has 0 saturated heterocycles. The molecule has 12 heteroatoms. The summed E-state index contributed by atoms with van der Waals surface area (Å²) in [7, 11) is 1.53. The van der Waals surface area contributed by atoms with Gasteiger partial charge in [-0.15, -0.1) is 10.2 Å². The number of aliphatic imine (C=N–C) groups is 1. The number of methoxy groups -OCH3 is 1. The van der Waals surface area contributed by atoms with E-state index < -0.39 is 5.91 Å². The number of nitrogens with one attached hydrogen (secondary N) is 1. The summed E-state index contributed by atoms with van der Waals surface area (Å²) >= 11 is 6.03. The van der Waals surface area contributed by atoms with E-state index in [0.717, 1.165) is 11.3 Å². The van der Waals surface area contributed by atoms with Crippen LogP contribution in [0.5, 0.6) is 5.75 Å². The number of nitrogens with zero attached hydrogens (tertiary/aromatic N) is 5. The molecule has 0 fully saturated rings. The van der Waals surface area contributed by atoms with Crippen molar-refractivity contribution >= 4 is 52.5 Å². The zero-order valence-electron chi connectivity index (χ0n) is 19.7. The molecule has 4 rings (SSSR count). The van der Waals surface area contributed by atoms with E-state index in [1.165, 1.54) is 13.2 Å². The molecule has 1 aliphatic rings. The first-order valence-electron chi connectivity index (χ1n) is 10.9. The number of nitrogen functional groups attached to an aromatic ring is 1. The Morgan fingerprint density at radius 1 is 1.19 bits per heavy atom. The molecule has 1 amide bonds. The fourth-order valence-electron chi connectivity index (χ4n) is 3.54. The number of rotatable bonds is 9. The van der Waals surface area contributed by atoms with Crippen molar-refractivity contribution in [2.75, 3.05) is 18.2 Å². The Hall–Kier alpha value is -4.31. The van der Waals surface area contributed by atoms with Crippen molar-refractivity contribution < 1.29 is 14.3 Å². The van der Waals surface area contributed by atoms with Crippen LogP contribution in [0, 0.1) is 0 Å². The van der Waals surface area contributed by atoms with E-state index in [9.17, 15) is 4.79 Å². The first-order valence-corrected chi connectivity index (χ1v) is 11.3. The highest BCUT2D eigenvalue weighted by atomic mass is 35.5. The van der Waals surface area contributed by atoms with Gasteiger partial charge < -0.3 is 26.3 Å². The molecule has 0 radical (unpaired) electrons. The van der Waals surface area contributed by atoms with Gasteiger partial charge in [-0.1, -0.05) is 17.7 Å². The number of hydrogen-bond acceptors (Lipinski definition) is 9. The van der Waals surface area contributed by atoms with Crippen LogP contribution in [0.3, 0.4) is 0 Å². The number of benzene rings is 1. The summed E-state index contributed by atoms with van der Waals surface area (Å²) in [5.74, 6) is 0.592. The maximum atomic E-state index is 11.9. The molecule has 0 spiro atoms. The summed E-state index contributed by atoms with van der Waals surface area (Å²) in [4.78, 5) is 20.6. The maximum absolute atomic E-state index is 11.9. The van der Waals surface area contributed by atoms with Crippen molar-refractivity contribution in [3.63, 3.8) is 0 Å². The number of amides is 1. The number of nitrogens with two attached hydrogens (primary N) is 2. The number of aromatic nitrogens is 3. The molecule has 184 valence electrons. The smallest absolute Gasteiger partial charge is 0.425 e. The minimum absolute atomic E-state index is 0.0744. The standard InChI is InChI=1S/C24H23ClN8O3/c1-13-6-7-28-24(29-13)16-8-14(11-36-12-15-4-3-5-20(26)30-15)9-18(22(16)35-2)31-17-10-19(25)32-33-21(17)23(27)34/h3-5,7-10H,6,11-12H2,1-2H3,(H4-,26,27,30,31,32,34)/p+1. The number of carbonyl (C=O) groups is 1. The Kier molecular flexibility index (Phi) is 7.55. The second-order valence-corrected chi connectivity index (χ2v) is 8.26. The molecule has 1 aromatic carbocycles. The molecule has 0 aliphatic carbocycles. The van der Waals surface area contributed by atoms with Crippen molar-refractivity contribution in [2.45, 2.75) is 26.6 Å². The first-order chi connectivity index (χ1) is 17.3. The van der Waals surface area contributed by atoms with Gasteiger partial charge >= 0.3 is 5.84 Å². The lowest BCUT2D eigenvalue weighted by Crippen LogP contribution is -2.17.